The molecule has 1 aromatic heterocycles. The predicted octanol–water partition coefficient (Wildman–Crippen LogP) is 6.52. The zero-order chi connectivity index (χ0) is 22.0. The van der Waals surface area contributed by atoms with E-state index in [1.807, 2.05) is 66.7 Å². The Kier molecular flexibility index (Phi) is 6.30. The summed E-state index contributed by atoms with van der Waals surface area (Å²) in [4.78, 5) is 17.8. The van der Waals surface area contributed by atoms with E-state index in [-0.39, 0.29) is 17.9 Å². The minimum Gasteiger partial charge on any atom is -0.342 e. The van der Waals surface area contributed by atoms with E-state index >= 15 is 0 Å². The fourth-order valence-corrected chi connectivity index (χ4v) is 4.13. The van der Waals surface area contributed by atoms with Gasteiger partial charge in [-0.3, -0.25) is 4.79 Å². The molecular weight excluding hydrogens is 429 g/mol. The van der Waals surface area contributed by atoms with E-state index in [9.17, 15) is 4.79 Å². The summed E-state index contributed by atoms with van der Waals surface area (Å²) in [5, 5.41) is 4.38. The van der Waals surface area contributed by atoms with Crippen LogP contribution in [0, 0.1) is 5.92 Å². The average molecular weight is 452 g/mol. The number of hydrogen-bond acceptors (Lipinski definition) is 2. The van der Waals surface area contributed by atoms with E-state index in [2.05, 4.69) is 23.7 Å². The summed E-state index contributed by atoms with van der Waals surface area (Å²) in [5.41, 5.74) is 3.43. The highest BCUT2D eigenvalue weighted by atomic mass is 35.5. The molecule has 0 saturated heterocycles. The molecular formula is C25H23Cl2N3O. The summed E-state index contributed by atoms with van der Waals surface area (Å²) < 4.78 is 2.13. The molecule has 0 bridgehead atoms. The predicted molar refractivity (Wildman–Crippen MR) is 127 cm³/mol. The van der Waals surface area contributed by atoms with Crippen LogP contribution in [0.15, 0.2) is 72.8 Å². The molecule has 0 radical (unpaired) electrons. The first-order valence-electron chi connectivity index (χ1n) is 10.2. The summed E-state index contributed by atoms with van der Waals surface area (Å²) in [5.74, 6) is 0.804. The first-order valence-corrected chi connectivity index (χ1v) is 10.9. The van der Waals surface area contributed by atoms with Gasteiger partial charge in [0.15, 0.2) is 0 Å². The first-order chi connectivity index (χ1) is 14.9. The van der Waals surface area contributed by atoms with Gasteiger partial charge in [0, 0.05) is 15.6 Å². The molecule has 4 nitrogen and oxygen atoms in total. The Balaban J connectivity index is 1.77. The van der Waals surface area contributed by atoms with E-state index in [4.69, 9.17) is 28.2 Å². The maximum Gasteiger partial charge on any atom is 0.251 e. The number of nitrogens with one attached hydrogen (secondary N) is 1. The molecule has 0 aliphatic carbocycles. The van der Waals surface area contributed by atoms with Crippen LogP contribution < -0.4 is 5.32 Å². The number of para-hydroxylation sites is 2. The highest BCUT2D eigenvalue weighted by Gasteiger charge is 2.26. The standard InChI is InChI=1S/C25H23Cl2N3O/c1-16(2)23(29-25(31)17-8-4-3-5-9-17)24-28-21-10-6-7-11-22(21)30(24)15-18-12-13-19(26)14-20(18)27/h3-14,16,23H,15H2,1-2H3,(H,29,31)/t23-/m1/s1. The molecule has 0 aliphatic heterocycles. The number of halogens is 2. The van der Waals surface area contributed by atoms with Gasteiger partial charge in [-0.2, -0.15) is 0 Å². The molecule has 0 unspecified atom stereocenters. The second-order valence-electron chi connectivity index (χ2n) is 7.84. The normalized spacial score (nSPS) is 12.3. The van der Waals surface area contributed by atoms with Crippen molar-refractivity contribution in [2.75, 3.05) is 0 Å². The smallest absolute Gasteiger partial charge is 0.251 e. The molecule has 1 N–H and O–H groups in total. The number of hydrogen-bond donors (Lipinski definition) is 1. The fraction of sp³-hybridized carbons (Fsp3) is 0.200. The molecule has 6 heteroatoms. The number of nitrogens with zero attached hydrogens (tertiary/aromatic N) is 2. The lowest BCUT2D eigenvalue weighted by Crippen LogP contribution is -2.33. The Labute approximate surface area is 191 Å². The molecule has 4 aromatic rings. The van der Waals surface area contributed by atoms with Crippen LogP contribution in [0.2, 0.25) is 10.0 Å². The monoisotopic (exact) mass is 451 g/mol. The summed E-state index contributed by atoms with van der Waals surface area (Å²) in [6.45, 7) is 4.68. The Morgan fingerprint density at radius 1 is 1.00 bits per heavy atom. The lowest BCUT2D eigenvalue weighted by Gasteiger charge is -2.23. The van der Waals surface area contributed by atoms with Gasteiger partial charge in [-0.15, -0.1) is 0 Å². The number of rotatable bonds is 6. The zero-order valence-electron chi connectivity index (χ0n) is 17.3. The number of carbonyl (C=O) groups is 1. The van der Waals surface area contributed by atoms with E-state index in [1.54, 1.807) is 6.07 Å². The number of amides is 1. The van der Waals surface area contributed by atoms with Gasteiger partial charge < -0.3 is 9.88 Å². The van der Waals surface area contributed by atoms with Crippen molar-refractivity contribution in [3.05, 3.63) is 99.8 Å². The Morgan fingerprint density at radius 3 is 2.42 bits per heavy atom. The van der Waals surface area contributed by atoms with Crippen molar-refractivity contribution in [1.82, 2.24) is 14.9 Å². The summed E-state index contributed by atoms with van der Waals surface area (Å²) >= 11 is 12.6. The van der Waals surface area contributed by atoms with Crippen LogP contribution in [0.3, 0.4) is 0 Å². The summed E-state index contributed by atoms with van der Waals surface area (Å²) in [6.07, 6.45) is 0. The molecule has 0 aliphatic rings. The van der Waals surface area contributed by atoms with Crippen LogP contribution in [-0.2, 0) is 6.54 Å². The van der Waals surface area contributed by atoms with Gasteiger partial charge >= 0.3 is 0 Å². The Hall–Kier alpha value is -2.82. The van der Waals surface area contributed by atoms with E-state index < -0.39 is 0 Å². The molecule has 1 heterocycles. The number of carbonyl (C=O) groups excluding carboxylic acids is 1. The lowest BCUT2D eigenvalue weighted by molar-refractivity contribution is 0.0922. The second-order valence-corrected chi connectivity index (χ2v) is 8.69. The molecule has 1 amide bonds. The maximum absolute atomic E-state index is 12.9. The Morgan fingerprint density at radius 2 is 1.71 bits per heavy atom. The van der Waals surface area contributed by atoms with E-state index in [0.29, 0.717) is 22.2 Å². The minimum absolute atomic E-state index is 0.123. The molecule has 31 heavy (non-hydrogen) atoms. The van der Waals surface area contributed by atoms with E-state index in [0.717, 1.165) is 22.4 Å². The van der Waals surface area contributed by atoms with Gasteiger partial charge in [-0.05, 0) is 47.9 Å². The molecule has 0 saturated carbocycles. The van der Waals surface area contributed by atoms with Gasteiger partial charge in [-0.25, -0.2) is 4.98 Å². The average Bonchev–Trinajstić information content (AvgIpc) is 3.12. The first kappa shape index (κ1) is 21.4. The van der Waals surface area contributed by atoms with Gasteiger partial charge in [0.05, 0.1) is 23.6 Å². The molecule has 1 atom stereocenters. The van der Waals surface area contributed by atoms with Gasteiger partial charge in [0.1, 0.15) is 5.82 Å². The minimum atomic E-state index is -0.272. The topological polar surface area (TPSA) is 46.9 Å². The number of fused-ring (bicyclic) bond motifs is 1. The number of benzene rings is 3. The van der Waals surface area contributed by atoms with Gasteiger partial charge in [0.2, 0.25) is 0 Å². The fourth-order valence-electron chi connectivity index (χ4n) is 3.66. The highest BCUT2D eigenvalue weighted by Crippen LogP contribution is 2.29. The lowest BCUT2D eigenvalue weighted by atomic mass is 10.0. The van der Waals surface area contributed by atoms with Crippen molar-refractivity contribution in [2.24, 2.45) is 5.92 Å². The number of imidazole rings is 1. The van der Waals surface area contributed by atoms with Crippen LogP contribution >= 0.6 is 23.2 Å². The van der Waals surface area contributed by atoms with Crippen molar-refractivity contribution in [3.63, 3.8) is 0 Å². The van der Waals surface area contributed by atoms with Crippen LogP contribution in [0.5, 0.6) is 0 Å². The third-order valence-electron chi connectivity index (χ3n) is 5.30. The van der Waals surface area contributed by atoms with Crippen LogP contribution in [0.25, 0.3) is 11.0 Å². The molecule has 4 rings (SSSR count). The molecule has 0 fully saturated rings. The summed E-state index contributed by atoms with van der Waals surface area (Å²) in [6, 6.07) is 22.4. The third-order valence-corrected chi connectivity index (χ3v) is 5.88. The van der Waals surface area contributed by atoms with Crippen molar-refractivity contribution in [1.29, 1.82) is 0 Å². The second kappa shape index (κ2) is 9.13. The van der Waals surface area contributed by atoms with Crippen LogP contribution in [-0.4, -0.2) is 15.5 Å². The largest absolute Gasteiger partial charge is 0.342 e. The summed E-state index contributed by atoms with van der Waals surface area (Å²) in [7, 11) is 0. The van der Waals surface area contributed by atoms with Crippen molar-refractivity contribution in [2.45, 2.75) is 26.4 Å². The SMILES string of the molecule is CC(C)[C@@H](NC(=O)c1ccccc1)c1nc2ccccc2n1Cc1ccc(Cl)cc1Cl. The van der Waals surface area contributed by atoms with Crippen LogP contribution in [0.1, 0.15) is 41.6 Å². The zero-order valence-corrected chi connectivity index (χ0v) is 18.9. The van der Waals surface area contributed by atoms with Gasteiger partial charge in [-0.1, -0.05) is 73.4 Å². The van der Waals surface area contributed by atoms with Crippen molar-refractivity contribution < 1.29 is 4.79 Å². The maximum atomic E-state index is 12.9. The molecule has 3 aromatic carbocycles. The Bertz CT molecular complexity index is 1220. The quantitative estimate of drug-likeness (QED) is 0.362. The number of aromatic nitrogens is 2. The molecule has 158 valence electrons. The van der Waals surface area contributed by atoms with Gasteiger partial charge in [0.25, 0.3) is 5.91 Å². The van der Waals surface area contributed by atoms with Crippen molar-refractivity contribution >= 4 is 40.1 Å². The van der Waals surface area contributed by atoms with E-state index in [1.165, 1.54) is 0 Å². The third kappa shape index (κ3) is 4.60. The molecule has 0 spiro atoms. The van der Waals surface area contributed by atoms with Crippen LogP contribution in [0.4, 0.5) is 0 Å². The highest BCUT2D eigenvalue weighted by molar-refractivity contribution is 6.35. The van der Waals surface area contributed by atoms with Crippen molar-refractivity contribution in [3.8, 4) is 0 Å².